The number of ether oxygens (including phenoxy) is 1. The fraction of sp³-hybridized carbons (Fsp3) is 0.778. The van der Waals surface area contributed by atoms with Crippen LogP contribution in [0.4, 0.5) is 0 Å². The molecule has 5 heteroatoms. The number of nitrogens with one attached hydrogen (secondary N) is 1. The predicted molar refractivity (Wildman–Crippen MR) is 48.6 cm³/mol. The minimum absolute atomic E-state index is 0.0825. The Morgan fingerprint density at radius 2 is 2.43 bits per heavy atom. The molecule has 2 N–H and O–H groups in total. The van der Waals surface area contributed by atoms with Crippen LogP contribution >= 0.6 is 0 Å². The van der Waals surface area contributed by atoms with Crippen molar-refractivity contribution in [2.45, 2.75) is 12.8 Å². The number of carbonyl (C=O) groups is 2. The molecule has 1 unspecified atom stereocenters. The number of rotatable bonds is 4. The van der Waals surface area contributed by atoms with E-state index in [1.165, 1.54) is 0 Å². The molecule has 0 aliphatic carbocycles. The van der Waals surface area contributed by atoms with E-state index >= 15 is 0 Å². The van der Waals surface area contributed by atoms with Crippen molar-refractivity contribution in [2.75, 3.05) is 26.4 Å². The van der Waals surface area contributed by atoms with E-state index < -0.39 is 0 Å². The van der Waals surface area contributed by atoms with Gasteiger partial charge in [-0.15, -0.1) is 0 Å². The van der Waals surface area contributed by atoms with Gasteiger partial charge in [0.2, 0.25) is 5.91 Å². The maximum absolute atomic E-state index is 11.3. The zero-order valence-corrected chi connectivity index (χ0v) is 7.99. The summed E-state index contributed by atoms with van der Waals surface area (Å²) in [5, 5.41) is 11.0. The Labute approximate surface area is 82.4 Å². The highest BCUT2D eigenvalue weighted by Gasteiger charge is 2.24. The first-order chi connectivity index (χ1) is 6.74. The van der Waals surface area contributed by atoms with Gasteiger partial charge in [0, 0.05) is 25.3 Å². The summed E-state index contributed by atoms with van der Waals surface area (Å²) in [5.74, 6) is -0.416. The summed E-state index contributed by atoms with van der Waals surface area (Å²) in [4.78, 5) is 22.5. The van der Waals surface area contributed by atoms with Gasteiger partial charge in [0.05, 0.1) is 19.8 Å². The molecule has 1 aliphatic heterocycles. The molecule has 1 rings (SSSR count). The van der Waals surface area contributed by atoms with Crippen LogP contribution in [0.5, 0.6) is 0 Å². The van der Waals surface area contributed by atoms with Crippen LogP contribution in [-0.4, -0.2) is 43.2 Å². The Balaban J connectivity index is 2.27. The predicted octanol–water partition coefficient (Wildman–Crippen LogP) is -0.909. The molecule has 1 amide bonds. The summed E-state index contributed by atoms with van der Waals surface area (Å²) in [6.07, 6.45) is 0.566. The third kappa shape index (κ3) is 3.43. The summed E-state index contributed by atoms with van der Waals surface area (Å²) >= 11 is 0. The van der Waals surface area contributed by atoms with Gasteiger partial charge in [0.25, 0.3) is 0 Å². The topological polar surface area (TPSA) is 75.6 Å². The third-order valence-electron chi connectivity index (χ3n) is 2.13. The van der Waals surface area contributed by atoms with Gasteiger partial charge in [0.1, 0.15) is 5.78 Å². The van der Waals surface area contributed by atoms with Crippen LogP contribution in [0.1, 0.15) is 12.8 Å². The fourth-order valence-electron chi connectivity index (χ4n) is 1.36. The molecule has 1 aliphatic rings. The molecule has 0 spiro atoms. The van der Waals surface area contributed by atoms with Gasteiger partial charge in [0.15, 0.2) is 0 Å². The zero-order chi connectivity index (χ0) is 10.4. The van der Waals surface area contributed by atoms with E-state index in [2.05, 4.69) is 5.32 Å². The maximum Gasteiger partial charge on any atom is 0.220 e. The third-order valence-corrected chi connectivity index (χ3v) is 2.13. The van der Waals surface area contributed by atoms with Crippen LogP contribution in [0.2, 0.25) is 0 Å². The molecule has 0 saturated carbocycles. The molecule has 1 fully saturated rings. The maximum atomic E-state index is 11.3. The lowest BCUT2D eigenvalue weighted by atomic mass is 9.97. The molecule has 0 radical (unpaired) electrons. The second kappa shape index (κ2) is 5.72. The zero-order valence-electron chi connectivity index (χ0n) is 7.99. The van der Waals surface area contributed by atoms with Gasteiger partial charge in [-0.2, -0.15) is 0 Å². The number of aliphatic hydroxyl groups excluding tert-OH is 1. The quantitative estimate of drug-likeness (QED) is 0.617. The van der Waals surface area contributed by atoms with Gasteiger partial charge in [-0.25, -0.2) is 0 Å². The van der Waals surface area contributed by atoms with Crippen LogP contribution in [0, 0.1) is 5.92 Å². The van der Waals surface area contributed by atoms with E-state index in [0.717, 1.165) is 0 Å². The Morgan fingerprint density at radius 1 is 1.64 bits per heavy atom. The van der Waals surface area contributed by atoms with Gasteiger partial charge in [-0.1, -0.05) is 0 Å². The Morgan fingerprint density at radius 3 is 3.07 bits per heavy atom. The molecule has 1 heterocycles. The van der Waals surface area contributed by atoms with Crippen LogP contribution in [-0.2, 0) is 14.3 Å². The number of aliphatic hydroxyl groups is 1. The van der Waals surface area contributed by atoms with Gasteiger partial charge in [-0.3, -0.25) is 9.59 Å². The van der Waals surface area contributed by atoms with E-state index in [1.54, 1.807) is 0 Å². The van der Waals surface area contributed by atoms with E-state index in [4.69, 9.17) is 9.84 Å². The van der Waals surface area contributed by atoms with Crippen LogP contribution in [0.3, 0.4) is 0 Å². The molecule has 5 nitrogen and oxygen atoms in total. The summed E-state index contributed by atoms with van der Waals surface area (Å²) in [6, 6.07) is 0. The average molecular weight is 201 g/mol. The van der Waals surface area contributed by atoms with Crippen LogP contribution < -0.4 is 5.32 Å². The summed E-state index contributed by atoms with van der Waals surface area (Å²) in [7, 11) is 0. The van der Waals surface area contributed by atoms with Gasteiger partial charge >= 0.3 is 0 Å². The van der Waals surface area contributed by atoms with Crippen molar-refractivity contribution in [3.63, 3.8) is 0 Å². The molecule has 14 heavy (non-hydrogen) atoms. The standard InChI is InChI=1S/C9H15NO4/c11-3-2-10-9(13)5-7-6-14-4-1-8(7)12/h7,11H,1-6H2,(H,10,13). The molecular formula is C9H15NO4. The molecular weight excluding hydrogens is 186 g/mol. The highest BCUT2D eigenvalue weighted by atomic mass is 16.5. The van der Waals surface area contributed by atoms with Crippen LogP contribution in [0.25, 0.3) is 0 Å². The molecule has 0 aromatic rings. The second-order valence-corrected chi connectivity index (χ2v) is 3.27. The average Bonchev–Trinajstić information content (AvgIpc) is 2.18. The first-order valence-electron chi connectivity index (χ1n) is 4.72. The van der Waals surface area contributed by atoms with E-state index in [0.29, 0.717) is 19.6 Å². The summed E-state index contributed by atoms with van der Waals surface area (Å²) < 4.78 is 5.11. The number of ketones is 1. The number of hydrogen-bond acceptors (Lipinski definition) is 4. The smallest absolute Gasteiger partial charge is 0.220 e. The van der Waals surface area contributed by atoms with Crippen molar-refractivity contribution in [2.24, 2.45) is 5.92 Å². The first kappa shape index (κ1) is 11.1. The lowest BCUT2D eigenvalue weighted by molar-refractivity contribution is -0.135. The van der Waals surface area contributed by atoms with Crippen molar-refractivity contribution < 1.29 is 19.4 Å². The van der Waals surface area contributed by atoms with Crippen molar-refractivity contribution in [3.05, 3.63) is 0 Å². The minimum Gasteiger partial charge on any atom is -0.395 e. The molecule has 0 aromatic carbocycles. The first-order valence-corrected chi connectivity index (χ1v) is 4.72. The van der Waals surface area contributed by atoms with Gasteiger partial charge < -0.3 is 15.2 Å². The second-order valence-electron chi connectivity index (χ2n) is 3.27. The minimum atomic E-state index is -0.303. The van der Waals surface area contributed by atoms with Gasteiger partial charge in [-0.05, 0) is 0 Å². The number of carbonyl (C=O) groups excluding carboxylic acids is 2. The van der Waals surface area contributed by atoms with Crippen molar-refractivity contribution in [1.82, 2.24) is 5.32 Å². The Bertz CT molecular complexity index is 217. The number of amides is 1. The molecule has 0 bridgehead atoms. The molecule has 1 saturated heterocycles. The SMILES string of the molecule is O=C(CC1COCCC1=O)NCCO. The molecule has 1 atom stereocenters. The van der Waals surface area contributed by atoms with E-state index in [-0.39, 0.29) is 37.2 Å². The monoisotopic (exact) mass is 201 g/mol. The van der Waals surface area contributed by atoms with Crippen LogP contribution in [0.15, 0.2) is 0 Å². The fourth-order valence-corrected chi connectivity index (χ4v) is 1.36. The number of hydrogen-bond donors (Lipinski definition) is 2. The number of Topliss-reactive ketones (excluding diaryl/α,β-unsaturated/α-hetero) is 1. The lowest BCUT2D eigenvalue weighted by Crippen LogP contribution is -2.34. The summed E-state index contributed by atoms with van der Waals surface area (Å²) in [6.45, 7) is 0.959. The highest BCUT2D eigenvalue weighted by Crippen LogP contribution is 2.13. The molecule has 80 valence electrons. The Hall–Kier alpha value is -0.940. The Kier molecular flexibility index (Phi) is 4.55. The molecule has 0 aromatic heterocycles. The van der Waals surface area contributed by atoms with Crippen molar-refractivity contribution >= 4 is 11.7 Å². The van der Waals surface area contributed by atoms with Crippen molar-refractivity contribution in [1.29, 1.82) is 0 Å². The highest BCUT2D eigenvalue weighted by molar-refractivity contribution is 5.87. The summed E-state index contributed by atoms with van der Waals surface area (Å²) in [5.41, 5.74) is 0. The van der Waals surface area contributed by atoms with E-state index in [9.17, 15) is 9.59 Å². The lowest BCUT2D eigenvalue weighted by Gasteiger charge is -2.20. The normalized spacial score (nSPS) is 22.1. The van der Waals surface area contributed by atoms with Crippen molar-refractivity contribution in [3.8, 4) is 0 Å². The van der Waals surface area contributed by atoms with E-state index in [1.807, 2.05) is 0 Å². The largest absolute Gasteiger partial charge is 0.395 e.